The third kappa shape index (κ3) is 5.96. The van der Waals surface area contributed by atoms with Gasteiger partial charge in [0.1, 0.15) is 5.82 Å². The predicted octanol–water partition coefficient (Wildman–Crippen LogP) is 2.91. The molecule has 0 aliphatic heterocycles. The van der Waals surface area contributed by atoms with Crippen molar-refractivity contribution < 1.29 is 18.7 Å². The highest BCUT2D eigenvalue weighted by Gasteiger charge is 2.14. The highest BCUT2D eigenvalue weighted by Crippen LogP contribution is 2.23. The van der Waals surface area contributed by atoms with Crippen molar-refractivity contribution in [2.24, 2.45) is 0 Å². The molecule has 0 fully saturated rings. The average Bonchev–Trinajstić information content (AvgIpc) is 2.61. The van der Waals surface area contributed by atoms with Gasteiger partial charge in [0, 0.05) is 44.8 Å². The van der Waals surface area contributed by atoms with Crippen molar-refractivity contribution in [3.05, 3.63) is 53.8 Å². The molecule has 0 atom stereocenters. The number of carbonyl (C=O) groups is 2. The highest BCUT2D eigenvalue weighted by atomic mass is 19.1. The number of amides is 3. The van der Waals surface area contributed by atoms with E-state index in [4.69, 9.17) is 4.74 Å². The topological polar surface area (TPSA) is 82.7 Å². The van der Waals surface area contributed by atoms with Crippen molar-refractivity contribution >= 4 is 29.0 Å². The molecule has 144 valence electrons. The minimum atomic E-state index is -0.538. The van der Waals surface area contributed by atoms with Gasteiger partial charge in [-0.1, -0.05) is 6.07 Å². The minimum absolute atomic E-state index is 0.273. The van der Waals surface area contributed by atoms with E-state index in [0.29, 0.717) is 35.8 Å². The first-order valence-corrected chi connectivity index (χ1v) is 8.33. The fourth-order valence-corrected chi connectivity index (χ4v) is 2.41. The van der Waals surface area contributed by atoms with Crippen LogP contribution in [0.25, 0.3) is 0 Å². The Morgan fingerprint density at radius 2 is 1.78 bits per heavy atom. The van der Waals surface area contributed by atoms with Crippen LogP contribution in [0.5, 0.6) is 0 Å². The molecule has 0 unspecified atom stereocenters. The quantitative estimate of drug-likeness (QED) is 0.651. The lowest BCUT2D eigenvalue weighted by atomic mass is 10.1. The first kappa shape index (κ1) is 20.2. The van der Waals surface area contributed by atoms with Gasteiger partial charge in [-0.2, -0.15) is 0 Å². The van der Waals surface area contributed by atoms with Gasteiger partial charge in [-0.25, -0.2) is 9.18 Å². The van der Waals surface area contributed by atoms with E-state index in [1.165, 1.54) is 18.2 Å². The number of rotatable bonds is 7. The number of carbonyl (C=O) groups excluding carboxylic acids is 2. The number of methoxy groups -OCH3 is 1. The molecule has 0 aliphatic rings. The third-order valence-electron chi connectivity index (χ3n) is 3.66. The minimum Gasteiger partial charge on any atom is -0.383 e. The van der Waals surface area contributed by atoms with Crippen molar-refractivity contribution in [2.45, 2.75) is 0 Å². The lowest BCUT2D eigenvalue weighted by Gasteiger charge is -2.18. The lowest BCUT2D eigenvalue weighted by molar-refractivity contribution is 0.0937. The van der Waals surface area contributed by atoms with Gasteiger partial charge < -0.3 is 25.6 Å². The van der Waals surface area contributed by atoms with Crippen LogP contribution in [0.2, 0.25) is 0 Å². The van der Waals surface area contributed by atoms with Gasteiger partial charge in [-0.3, -0.25) is 4.79 Å². The van der Waals surface area contributed by atoms with Crippen LogP contribution in [-0.2, 0) is 4.74 Å². The Balaban J connectivity index is 2.13. The number of nitrogens with one attached hydrogen (secondary N) is 3. The van der Waals surface area contributed by atoms with E-state index in [2.05, 4.69) is 16.0 Å². The molecule has 8 heteroatoms. The molecule has 0 spiro atoms. The Hall–Kier alpha value is -3.13. The molecule has 0 saturated heterocycles. The molecule has 3 N–H and O–H groups in total. The summed E-state index contributed by atoms with van der Waals surface area (Å²) in [6.45, 7) is 0.775. The summed E-state index contributed by atoms with van der Waals surface area (Å²) in [6, 6.07) is 10.1. The van der Waals surface area contributed by atoms with Crippen LogP contribution in [0, 0.1) is 5.82 Å². The monoisotopic (exact) mass is 374 g/mol. The second-order valence-corrected chi connectivity index (χ2v) is 5.96. The maximum absolute atomic E-state index is 13.2. The number of urea groups is 1. The van der Waals surface area contributed by atoms with E-state index in [-0.39, 0.29) is 5.91 Å². The SMILES string of the molecule is COCCNC(=O)c1cc(NC(=O)Nc2cccc(F)c2)ccc1N(C)C. The number of benzene rings is 2. The summed E-state index contributed by atoms with van der Waals surface area (Å²) in [5, 5.41) is 7.95. The van der Waals surface area contributed by atoms with Gasteiger partial charge in [0.15, 0.2) is 0 Å². The summed E-state index contributed by atoms with van der Waals surface area (Å²) in [5.74, 6) is -0.719. The van der Waals surface area contributed by atoms with Gasteiger partial charge in [0.25, 0.3) is 5.91 Å². The van der Waals surface area contributed by atoms with Gasteiger partial charge in [0.05, 0.1) is 12.2 Å². The molecule has 0 saturated carbocycles. The molecule has 27 heavy (non-hydrogen) atoms. The molecule has 3 amide bonds. The standard InChI is InChI=1S/C19H23FN4O3/c1-24(2)17-8-7-15(12-16(17)18(25)21-9-10-27-3)23-19(26)22-14-6-4-5-13(20)11-14/h4-8,11-12H,9-10H2,1-3H3,(H,21,25)(H2,22,23,26). The van der Waals surface area contributed by atoms with Gasteiger partial charge in [-0.15, -0.1) is 0 Å². The summed E-state index contributed by atoms with van der Waals surface area (Å²) in [7, 11) is 5.20. The largest absolute Gasteiger partial charge is 0.383 e. The van der Waals surface area contributed by atoms with Crippen LogP contribution in [0.1, 0.15) is 10.4 Å². The molecule has 0 bridgehead atoms. The Kier molecular flexibility index (Phi) is 7.13. The Morgan fingerprint density at radius 3 is 2.41 bits per heavy atom. The fourth-order valence-electron chi connectivity index (χ4n) is 2.41. The van der Waals surface area contributed by atoms with Crippen LogP contribution in [0.3, 0.4) is 0 Å². The first-order valence-electron chi connectivity index (χ1n) is 8.33. The van der Waals surface area contributed by atoms with Gasteiger partial charge in [-0.05, 0) is 36.4 Å². The van der Waals surface area contributed by atoms with Crippen molar-refractivity contribution in [1.29, 1.82) is 0 Å². The molecule has 2 aromatic rings. The fraction of sp³-hybridized carbons (Fsp3) is 0.263. The van der Waals surface area contributed by atoms with E-state index >= 15 is 0 Å². The summed E-state index contributed by atoms with van der Waals surface area (Å²) in [4.78, 5) is 26.4. The molecular formula is C19H23FN4O3. The van der Waals surface area contributed by atoms with Gasteiger partial charge >= 0.3 is 6.03 Å². The first-order chi connectivity index (χ1) is 12.9. The predicted molar refractivity (Wildman–Crippen MR) is 104 cm³/mol. The molecule has 2 aromatic carbocycles. The van der Waals surface area contributed by atoms with E-state index in [9.17, 15) is 14.0 Å². The van der Waals surface area contributed by atoms with Crippen LogP contribution < -0.4 is 20.9 Å². The highest BCUT2D eigenvalue weighted by molar-refractivity contribution is 6.03. The molecule has 0 aromatic heterocycles. The number of anilines is 3. The Morgan fingerprint density at radius 1 is 1.07 bits per heavy atom. The van der Waals surface area contributed by atoms with Crippen LogP contribution in [0.4, 0.5) is 26.2 Å². The molecule has 0 radical (unpaired) electrons. The molecular weight excluding hydrogens is 351 g/mol. The van der Waals surface area contributed by atoms with E-state index in [1.54, 1.807) is 31.4 Å². The Bertz CT molecular complexity index is 811. The number of nitrogens with zero attached hydrogens (tertiary/aromatic N) is 1. The molecule has 2 rings (SSSR count). The van der Waals surface area contributed by atoms with E-state index in [1.807, 2.05) is 19.0 Å². The normalized spacial score (nSPS) is 10.2. The second-order valence-electron chi connectivity index (χ2n) is 5.96. The molecule has 0 heterocycles. The van der Waals surface area contributed by atoms with E-state index in [0.717, 1.165) is 0 Å². The van der Waals surface area contributed by atoms with Crippen LogP contribution >= 0.6 is 0 Å². The zero-order valence-electron chi connectivity index (χ0n) is 15.5. The Labute approximate surface area is 157 Å². The molecule has 0 aliphatic carbocycles. The summed E-state index contributed by atoms with van der Waals surface area (Å²) >= 11 is 0. The van der Waals surface area contributed by atoms with E-state index < -0.39 is 11.8 Å². The zero-order valence-corrected chi connectivity index (χ0v) is 15.5. The number of ether oxygens (including phenoxy) is 1. The van der Waals surface area contributed by atoms with Crippen molar-refractivity contribution in [3.63, 3.8) is 0 Å². The summed E-state index contributed by atoms with van der Waals surface area (Å²) in [6.07, 6.45) is 0. The summed E-state index contributed by atoms with van der Waals surface area (Å²) in [5.41, 5.74) is 1.89. The summed E-state index contributed by atoms with van der Waals surface area (Å²) < 4.78 is 18.1. The maximum atomic E-state index is 13.2. The number of halogens is 1. The van der Waals surface area contributed by atoms with Gasteiger partial charge in [0.2, 0.25) is 0 Å². The zero-order chi connectivity index (χ0) is 19.8. The molecule has 7 nitrogen and oxygen atoms in total. The number of hydrogen-bond donors (Lipinski definition) is 3. The number of hydrogen-bond acceptors (Lipinski definition) is 4. The van der Waals surface area contributed by atoms with Crippen LogP contribution in [-0.4, -0.2) is 46.3 Å². The maximum Gasteiger partial charge on any atom is 0.323 e. The van der Waals surface area contributed by atoms with Crippen molar-refractivity contribution in [2.75, 3.05) is 49.9 Å². The van der Waals surface area contributed by atoms with Crippen LogP contribution in [0.15, 0.2) is 42.5 Å². The van der Waals surface area contributed by atoms with Crippen molar-refractivity contribution in [3.8, 4) is 0 Å². The lowest BCUT2D eigenvalue weighted by Crippen LogP contribution is -2.29. The third-order valence-corrected chi connectivity index (χ3v) is 3.66. The second kappa shape index (κ2) is 9.54. The smallest absolute Gasteiger partial charge is 0.323 e. The average molecular weight is 374 g/mol. The van der Waals surface area contributed by atoms with Crippen molar-refractivity contribution in [1.82, 2.24) is 5.32 Å².